The van der Waals surface area contributed by atoms with Crippen molar-refractivity contribution in [2.75, 3.05) is 7.11 Å². The largest absolute Gasteiger partial charge is 0.497 e. The highest BCUT2D eigenvalue weighted by atomic mass is 32.2. The summed E-state index contributed by atoms with van der Waals surface area (Å²) in [6, 6.07) is 24.4. The predicted molar refractivity (Wildman–Crippen MR) is 163 cm³/mol. The van der Waals surface area contributed by atoms with Gasteiger partial charge in [0.1, 0.15) is 5.75 Å². The van der Waals surface area contributed by atoms with Crippen LogP contribution < -0.4 is 10.2 Å². The van der Waals surface area contributed by atoms with E-state index in [1.165, 1.54) is 23.5 Å². The first kappa shape index (κ1) is 29.4. The van der Waals surface area contributed by atoms with Crippen molar-refractivity contribution in [2.45, 2.75) is 24.9 Å². The van der Waals surface area contributed by atoms with Gasteiger partial charge in [-0.3, -0.25) is 9.78 Å². The maximum atomic E-state index is 13.6. The van der Waals surface area contributed by atoms with E-state index in [0.29, 0.717) is 17.0 Å². The summed E-state index contributed by atoms with van der Waals surface area (Å²) in [4.78, 5) is 21.1. The van der Waals surface area contributed by atoms with E-state index in [0.717, 1.165) is 22.4 Å². The van der Waals surface area contributed by atoms with Gasteiger partial charge in [-0.1, -0.05) is 30.3 Å². The van der Waals surface area contributed by atoms with Crippen molar-refractivity contribution in [3.8, 4) is 11.4 Å². The van der Waals surface area contributed by atoms with Crippen molar-refractivity contribution in [2.24, 2.45) is 5.10 Å². The van der Waals surface area contributed by atoms with Gasteiger partial charge in [0, 0.05) is 49.1 Å². The second kappa shape index (κ2) is 13.2. The Morgan fingerprint density at radius 1 is 0.884 bits per heavy atom. The summed E-state index contributed by atoms with van der Waals surface area (Å²) in [5, 5.41) is 4.25. The normalized spacial score (nSPS) is 11.8. The number of methoxy groups -OCH3 is 1. The SMILES string of the molecule is COc1ccc(S(=O)(=O)N(Cc2ccc(C(=O)N/N=C(\C)c3ccc(-n4ccnc4)cc3)cc2)Cc2cccnc2)cc1. The summed E-state index contributed by atoms with van der Waals surface area (Å²) >= 11 is 0. The number of ether oxygens (including phenoxy) is 1. The number of imidazole rings is 1. The molecule has 43 heavy (non-hydrogen) atoms. The lowest BCUT2D eigenvalue weighted by molar-refractivity contribution is 0.0954. The van der Waals surface area contributed by atoms with E-state index in [9.17, 15) is 13.2 Å². The standard InChI is InChI=1S/C32H30N6O4S/c1-24(27-9-11-29(12-10-27)37-19-18-34-23-37)35-36-32(39)28-7-5-25(6-8-28)21-38(22-26-4-3-17-33-20-26)43(40,41)31-15-13-30(42-2)14-16-31/h3-20,23H,21-22H2,1-2H3,(H,36,39)/b35-24+. The van der Waals surface area contributed by atoms with Crippen LogP contribution in [0.1, 0.15) is 34.0 Å². The molecule has 5 aromatic rings. The van der Waals surface area contributed by atoms with Gasteiger partial charge in [0.05, 0.1) is 24.0 Å². The molecule has 0 bridgehead atoms. The highest BCUT2D eigenvalue weighted by Crippen LogP contribution is 2.23. The number of nitrogens with one attached hydrogen (secondary N) is 1. The zero-order valence-corrected chi connectivity index (χ0v) is 24.5. The number of sulfonamides is 1. The highest BCUT2D eigenvalue weighted by Gasteiger charge is 2.25. The average molecular weight is 595 g/mol. The highest BCUT2D eigenvalue weighted by molar-refractivity contribution is 7.89. The lowest BCUT2D eigenvalue weighted by atomic mass is 10.1. The van der Waals surface area contributed by atoms with Crippen LogP contribution in [-0.2, 0) is 23.1 Å². The van der Waals surface area contributed by atoms with E-state index in [1.54, 1.807) is 67.4 Å². The number of carbonyl (C=O) groups excluding carboxylic acids is 1. The topological polar surface area (TPSA) is 119 Å². The summed E-state index contributed by atoms with van der Waals surface area (Å²) in [7, 11) is -2.33. The Balaban J connectivity index is 1.28. The molecular weight excluding hydrogens is 564 g/mol. The fourth-order valence-electron chi connectivity index (χ4n) is 4.33. The smallest absolute Gasteiger partial charge is 0.271 e. The molecule has 0 fully saturated rings. The van der Waals surface area contributed by atoms with Crippen LogP contribution in [-0.4, -0.2) is 46.0 Å². The van der Waals surface area contributed by atoms with Gasteiger partial charge in [-0.25, -0.2) is 18.8 Å². The Hall–Kier alpha value is -5.13. The molecule has 0 aliphatic rings. The number of benzene rings is 3. The van der Waals surface area contributed by atoms with Crippen LogP contribution in [0, 0.1) is 0 Å². The first-order chi connectivity index (χ1) is 20.8. The van der Waals surface area contributed by atoms with Gasteiger partial charge >= 0.3 is 0 Å². The van der Waals surface area contributed by atoms with Crippen molar-refractivity contribution >= 4 is 21.6 Å². The summed E-state index contributed by atoms with van der Waals surface area (Å²) < 4.78 is 35.7. The van der Waals surface area contributed by atoms with E-state index in [-0.39, 0.29) is 23.9 Å². The van der Waals surface area contributed by atoms with Crippen molar-refractivity contribution in [3.05, 3.63) is 138 Å². The first-order valence-corrected chi connectivity index (χ1v) is 14.8. The number of carbonyl (C=O) groups is 1. The van der Waals surface area contributed by atoms with Crippen LogP contribution in [0.5, 0.6) is 5.75 Å². The molecule has 0 saturated heterocycles. The third-order valence-corrected chi connectivity index (χ3v) is 8.57. The number of hydrogen-bond acceptors (Lipinski definition) is 7. The van der Waals surface area contributed by atoms with Gasteiger partial charge in [-0.2, -0.15) is 9.41 Å². The van der Waals surface area contributed by atoms with Crippen molar-refractivity contribution < 1.29 is 17.9 Å². The van der Waals surface area contributed by atoms with Crippen LogP contribution >= 0.6 is 0 Å². The molecule has 2 aromatic heterocycles. The molecular formula is C32H30N6O4S. The van der Waals surface area contributed by atoms with Crippen LogP contribution in [0.2, 0.25) is 0 Å². The third-order valence-electron chi connectivity index (χ3n) is 6.77. The molecule has 2 heterocycles. The quantitative estimate of drug-likeness (QED) is 0.173. The van der Waals surface area contributed by atoms with Crippen LogP contribution in [0.15, 0.2) is 126 Å². The number of hydrogen-bond donors (Lipinski definition) is 1. The minimum Gasteiger partial charge on any atom is -0.497 e. The van der Waals surface area contributed by atoms with Gasteiger partial charge in [0.2, 0.25) is 10.0 Å². The van der Waals surface area contributed by atoms with Gasteiger partial charge in [-0.05, 0) is 78.2 Å². The second-order valence-corrected chi connectivity index (χ2v) is 11.6. The minimum absolute atomic E-state index is 0.0947. The van der Waals surface area contributed by atoms with Crippen molar-refractivity contribution in [1.29, 1.82) is 0 Å². The Kier molecular flexibility index (Phi) is 9.04. The molecule has 0 unspecified atom stereocenters. The monoisotopic (exact) mass is 594 g/mol. The van der Waals surface area contributed by atoms with Gasteiger partial charge < -0.3 is 9.30 Å². The molecule has 5 rings (SSSR count). The van der Waals surface area contributed by atoms with Crippen LogP contribution in [0.3, 0.4) is 0 Å². The van der Waals surface area contributed by atoms with E-state index in [1.807, 2.05) is 48.0 Å². The maximum Gasteiger partial charge on any atom is 0.271 e. The van der Waals surface area contributed by atoms with Crippen molar-refractivity contribution in [3.63, 3.8) is 0 Å². The summed E-state index contributed by atoms with van der Waals surface area (Å²) in [6.07, 6.45) is 8.57. The number of rotatable bonds is 11. The van der Waals surface area contributed by atoms with E-state index in [4.69, 9.17) is 4.74 Å². The second-order valence-electron chi connectivity index (χ2n) is 9.66. The molecule has 0 radical (unpaired) electrons. The van der Waals surface area contributed by atoms with Gasteiger partial charge in [-0.15, -0.1) is 0 Å². The summed E-state index contributed by atoms with van der Waals surface area (Å²) in [5.41, 5.74) is 6.95. The molecule has 218 valence electrons. The molecule has 1 N–H and O–H groups in total. The molecule has 0 aliphatic heterocycles. The molecule has 0 aliphatic carbocycles. The fourth-order valence-corrected chi connectivity index (χ4v) is 5.75. The van der Waals surface area contributed by atoms with Crippen molar-refractivity contribution in [1.82, 2.24) is 24.3 Å². The number of hydrazone groups is 1. The van der Waals surface area contributed by atoms with Crippen LogP contribution in [0.4, 0.5) is 0 Å². The number of amides is 1. The number of pyridine rings is 1. The Morgan fingerprint density at radius 2 is 1.58 bits per heavy atom. The minimum atomic E-state index is -3.86. The molecule has 3 aromatic carbocycles. The summed E-state index contributed by atoms with van der Waals surface area (Å²) in [6.45, 7) is 2.04. The molecule has 0 atom stereocenters. The Labute approximate surface area is 250 Å². The zero-order chi connectivity index (χ0) is 30.2. The Morgan fingerprint density at radius 3 is 2.21 bits per heavy atom. The van der Waals surface area contributed by atoms with Gasteiger partial charge in [0.25, 0.3) is 5.91 Å². The summed E-state index contributed by atoms with van der Waals surface area (Å²) in [5.74, 6) is 0.189. The van der Waals surface area contributed by atoms with Gasteiger partial charge in [0.15, 0.2) is 0 Å². The third kappa shape index (κ3) is 7.21. The molecule has 0 spiro atoms. The lowest BCUT2D eigenvalue weighted by Crippen LogP contribution is -2.30. The first-order valence-electron chi connectivity index (χ1n) is 13.4. The predicted octanol–water partition coefficient (Wildman–Crippen LogP) is 4.82. The average Bonchev–Trinajstić information content (AvgIpc) is 3.59. The molecule has 10 nitrogen and oxygen atoms in total. The molecule has 11 heteroatoms. The zero-order valence-electron chi connectivity index (χ0n) is 23.7. The fraction of sp³-hybridized carbons (Fsp3) is 0.125. The Bertz CT molecular complexity index is 1790. The number of nitrogens with zero attached hydrogens (tertiary/aromatic N) is 5. The maximum absolute atomic E-state index is 13.6. The van der Waals surface area contributed by atoms with Crippen LogP contribution in [0.25, 0.3) is 5.69 Å². The van der Waals surface area contributed by atoms with E-state index in [2.05, 4.69) is 20.5 Å². The van der Waals surface area contributed by atoms with E-state index < -0.39 is 10.0 Å². The lowest BCUT2D eigenvalue weighted by Gasteiger charge is -2.22. The molecule has 1 amide bonds. The molecule has 0 saturated carbocycles. The number of aromatic nitrogens is 3. The van der Waals surface area contributed by atoms with E-state index >= 15 is 0 Å².